The highest BCUT2D eigenvalue weighted by atomic mass is 16.6. The van der Waals surface area contributed by atoms with E-state index in [-0.39, 0.29) is 5.97 Å². The molecule has 0 saturated carbocycles. The molecule has 0 aromatic carbocycles. The molecule has 0 N–H and O–H groups in total. The lowest BCUT2D eigenvalue weighted by Gasteiger charge is -2.12. The molecular formula is C11H22O4. The van der Waals surface area contributed by atoms with Gasteiger partial charge in [0.2, 0.25) is 0 Å². The van der Waals surface area contributed by atoms with Gasteiger partial charge in [-0.25, -0.2) is 4.79 Å². The molecule has 4 nitrogen and oxygen atoms in total. The van der Waals surface area contributed by atoms with Gasteiger partial charge in [0, 0.05) is 6.61 Å². The molecule has 0 bridgehead atoms. The molecule has 0 fully saturated rings. The van der Waals surface area contributed by atoms with E-state index >= 15 is 0 Å². The SMILES string of the molecule is CCOC(=O)C(C)OCCOCC(C)C. The first-order valence-corrected chi connectivity index (χ1v) is 5.43. The number of ether oxygens (including phenoxy) is 3. The number of hydrogen-bond acceptors (Lipinski definition) is 4. The molecule has 0 aliphatic heterocycles. The molecule has 0 aliphatic rings. The van der Waals surface area contributed by atoms with Gasteiger partial charge in [-0.1, -0.05) is 13.8 Å². The fraction of sp³-hybridized carbons (Fsp3) is 0.909. The zero-order chi connectivity index (χ0) is 11.7. The Morgan fingerprint density at radius 1 is 1.20 bits per heavy atom. The second-order valence-corrected chi connectivity index (χ2v) is 3.73. The third kappa shape index (κ3) is 8.39. The quantitative estimate of drug-likeness (QED) is 0.459. The van der Waals surface area contributed by atoms with E-state index < -0.39 is 6.10 Å². The van der Waals surface area contributed by atoms with E-state index in [2.05, 4.69) is 13.8 Å². The van der Waals surface area contributed by atoms with Gasteiger partial charge in [-0.05, 0) is 19.8 Å². The number of esters is 1. The predicted molar refractivity (Wildman–Crippen MR) is 57.7 cm³/mol. The van der Waals surface area contributed by atoms with E-state index in [4.69, 9.17) is 14.2 Å². The monoisotopic (exact) mass is 218 g/mol. The second kappa shape index (κ2) is 8.68. The smallest absolute Gasteiger partial charge is 0.334 e. The van der Waals surface area contributed by atoms with Gasteiger partial charge in [-0.15, -0.1) is 0 Å². The van der Waals surface area contributed by atoms with Crippen LogP contribution in [0.25, 0.3) is 0 Å². The summed E-state index contributed by atoms with van der Waals surface area (Å²) in [6.45, 7) is 9.67. The highest BCUT2D eigenvalue weighted by molar-refractivity contribution is 5.74. The molecule has 0 radical (unpaired) electrons. The maximum Gasteiger partial charge on any atom is 0.334 e. The maximum absolute atomic E-state index is 11.1. The van der Waals surface area contributed by atoms with Crippen LogP contribution >= 0.6 is 0 Å². The van der Waals surface area contributed by atoms with Crippen LogP contribution in [0.1, 0.15) is 27.7 Å². The number of hydrogen-bond donors (Lipinski definition) is 0. The molecule has 0 aromatic heterocycles. The van der Waals surface area contributed by atoms with Crippen molar-refractivity contribution in [3.63, 3.8) is 0 Å². The molecule has 0 rings (SSSR count). The molecule has 0 heterocycles. The van der Waals surface area contributed by atoms with Crippen molar-refractivity contribution in [3.8, 4) is 0 Å². The van der Waals surface area contributed by atoms with E-state index in [9.17, 15) is 4.79 Å². The zero-order valence-electron chi connectivity index (χ0n) is 10.1. The molecule has 1 atom stereocenters. The third-order valence-corrected chi connectivity index (χ3v) is 1.67. The molecule has 0 aliphatic carbocycles. The van der Waals surface area contributed by atoms with Crippen molar-refractivity contribution in [1.82, 2.24) is 0 Å². The molecule has 0 amide bonds. The van der Waals surface area contributed by atoms with Gasteiger partial charge in [0.05, 0.1) is 19.8 Å². The van der Waals surface area contributed by atoms with Gasteiger partial charge >= 0.3 is 5.97 Å². The van der Waals surface area contributed by atoms with Crippen LogP contribution in [0.5, 0.6) is 0 Å². The summed E-state index contributed by atoms with van der Waals surface area (Å²) in [5.41, 5.74) is 0. The average Bonchev–Trinajstić information content (AvgIpc) is 2.16. The minimum absolute atomic E-state index is 0.318. The number of carbonyl (C=O) groups is 1. The van der Waals surface area contributed by atoms with Crippen LogP contribution in [0.3, 0.4) is 0 Å². The van der Waals surface area contributed by atoms with Crippen LogP contribution < -0.4 is 0 Å². The van der Waals surface area contributed by atoms with Gasteiger partial charge in [0.15, 0.2) is 6.10 Å². The lowest BCUT2D eigenvalue weighted by Crippen LogP contribution is -2.25. The molecule has 15 heavy (non-hydrogen) atoms. The van der Waals surface area contributed by atoms with Crippen LogP contribution in [-0.2, 0) is 19.0 Å². The molecule has 90 valence electrons. The largest absolute Gasteiger partial charge is 0.464 e. The Bertz CT molecular complexity index is 168. The minimum atomic E-state index is -0.507. The van der Waals surface area contributed by atoms with Crippen molar-refractivity contribution >= 4 is 5.97 Å². The number of carbonyl (C=O) groups excluding carboxylic acids is 1. The minimum Gasteiger partial charge on any atom is -0.464 e. The van der Waals surface area contributed by atoms with E-state index in [0.717, 1.165) is 6.61 Å². The molecule has 4 heteroatoms. The average molecular weight is 218 g/mol. The zero-order valence-corrected chi connectivity index (χ0v) is 10.1. The van der Waals surface area contributed by atoms with Crippen molar-refractivity contribution in [3.05, 3.63) is 0 Å². The standard InChI is InChI=1S/C11H22O4/c1-5-14-11(12)10(4)15-7-6-13-8-9(2)3/h9-10H,5-8H2,1-4H3. The topological polar surface area (TPSA) is 44.8 Å². The first-order valence-electron chi connectivity index (χ1n) is 5.43. The summed E-state index contributed by atoms with van der Waals surface area (Å²) in [6, 6.07) is 0. The van der Waals surface area contributed by atoms with E-state index in [0.29, 0.717) is 25.7 Å². The van der Waals surface area contributed by atoms with Crippen molar-refractivity contribution in [1.29, 1.82) is 0 Å². The van der Waals surface area contributed by atoms with Crippen LogP contribution in [0.4, 0.5) is 0 Å². The Balaban J connectivity index is 3.38. The van der Waals surface area contributed by atoms with E-state index in [1.165, 1.54) is 0 Å². The Hall–Kier alpha value is -0.610. The third-order valence-electron chi connectivity index (χ3n) is 1.67. The Labute approximate surface area is 91.9 Å². The number of rotatable bonds is 8. The summed E-state index contributed by atoms with van der Waals surface area (Å²) >= 11 is 0. The Kier molecular flexibility index (Phi) is 8.33. The first kappa shape index (κ1) is 14.4. The van der Waals surface area contributed by atoms with Crippen molar-refractivity contribution in [2.45, 2.75) is 33.8 Å². The summed E-state index contributed by atoms with van der Waals surface area (Å²) in [5.74, 6) is 0.203. The van der Waals surface area contributed by atoms with Gasteiger partial charge in [0.25, 0.3) is 0 Å². The summed E-state index contributed by atoms with van der Waals surface area (Å²) in [7, 11) is 0. The molecule has 0 aromatic rings. The summed E-state index contributed by atoms with van der Waals surface area (Å²) in [5, 5.41) is 0. The fourth-order valence-electron chi connectivity index (χ4n) is 0.931. The first-order chi connectivity index (χ1) is 7.07. The van der Waals surface area contributed by atoms with Gasteiger partial charge < -0.3 is 14.2 Å². The summed E-state index contributed by atoms with van der Waals surface area (Å²) in [4.78, 5) is 11.1. The van der Waals surface area contributed by atoms with Crippen molar-refractivity contribution in [2.75, 3.05) is 26.4 Å². The van der Waals surface area contributed by atoms with Gasteiger partial charge in [-0.3, -0.25) is 0 Å². The normalized spacial score (nSPS) is 12.9. The lowest BCUT2D eigenvalue weighted by atomic mass is 10.2. The van der Waals surface area contributed by atoms with Gasteiger partial charge in [0.1, 0.15) is 0 Å². The summed E-state index contributed by atoms with van der Waals surface area (Å²) in [6.07, 6.45) is -0.507. The summed E-state index contributed by atoms with van der Waals surface area (Å²) < 4.78 is 15.3. The predicted octanol–water partition coefficient (Wildman–Crippen LogP) is 1.63. The maximum atomic E-state index is 11.1. The fourth-order valence-corrected chi connectivity index (χ4v) is 0.931. The Morgan fingerprint density at radius 2 is 1.87 bits per heavy atom. The molecule has 0 spiro atoms. The van der Waals surface area contributed by atoms with Crippen LogP contribution in [0.15, 0.2) is 0 Å². The lowest BCUT2D eigenvalue weighted by molar-refractivity contribution is -0.156. The molecule has 0 saturated heterocycles. The van der Waals surface area contributed by atoms with Crippen LogP contribution in [-0.4, -0.2) is 38.5 Å². The van der Waals surface area contributed by atoms with Gasteiger partial charge in [-0.2, -0.15) is 0 Å². The van der Waals surface area contributed by atoms with Crippen molar-refractivity contribution in [2.24, 2.45) is 5.92 Å². The van der Waals surface area contributed by atoms with Crippen LogP contribution in [0, 0.1) is 5.92 Å². The van der Waals surface area contributed by atoms with Crippen molar-refractivity contribution < 1.29 is 19.0 Å². The van der Waals surface area contributed by atoms with E-state index in [1.54, 1.807) is 13.8 Å². The second-order valence-electron chi connectivity index (χ2n) is 3.73. The highest BCUT2D eigenvalue weighted by Gasteiger charge is 2.13. The molecule has 1 unspecified atom stereocenters. The van der Waals surface area contributed by atoms with E-state index in [1.807, 2.05) is 0 Å². The highest BCUT2D eigenvalue weighted by Crippen LogP contribution is 1.96. The Morgan fingerprint density at radius 3 is 2.40 bits per heavy atom. The van der Waals surface area contributed by atoms with Crippen LogP contribution in [0.2, 0.25) is 0 Å². The molecular weight excluding hydrogens is 196 g/mol.